The van der Waals surface area contributed by atoms with E-state index in [1.165, 1.54) is 0 Å². The summed E-state index contributed by atoms with van der Waals surface area (Å²) < 4.78 is 6.82. The Labute approximate surface area is 123 Å². The number of amides is 1. The van der Waals surface area contributed by atoms with Gasteiger partial charge in [-0.1, -0.05) is 32.9 Å². The summed E-state index contributed by atoms with van der Waals surface area (Å²) in [6.45, 7) is 6.45. The molecule has 0 unspecified atom stereocenters. The third kappa shape index (κ3) is 3.54. The Hall–Kier alpha value is -2.04. The maximum atomic E-state index is 12.0. The molecule has 5 heteroatoms. The van der Waals surface area contributed by atoms with Crippen molar-refractivity contribution >= 4 is 17.0 Å². The van der Waals surface area contributed by atoms with Gasteiger partial charge in [0.2, 0.25) is 5.91 Å². The van der Waals surface area contributed by atoms with Crippen molar-refractivity contribution in [3.63, 3.8) is 0 Å². The number of aromatic nitrogens is 1. The van der Waals surface area contributed by atoms with Crippen LogP contribution >= 0.6 is 0 Å². The first-order chi connectivity index (χ1) is 10.0. The smallest absolute Gasteiger partial charge is 0.408 e. The average molecular weight is 290 g/mol. The summed E-state index contributed by atoms with van der Waals surface area (Å²) in [7, 11) is 0. The Morgan fingerprint density at radius 3 is 2.71 bits per heavy atom. The molecule has 0 aliphatic rings. The molecule has 0 aliphatic carbocycles. The van der Waals surface area contributed by atoms with Crippen molar-refractivity contribution in [2.75, 3.05) is 0 Å². The molecule has 0 saturated carbocycles. The van der Waals surface area contributed by atoms with E-state index >= 15 is 0 Å². The minimum atomic E-state index is -0.383. The van der Waals surface area contributed by atoms with Crippen LogP contribution in [0, 0.1) is 5.92 Å². The van der Waals surface area contributed by atoms with Gasteiger partial charge in [-0.3, -0.25) is 9.36 Å². The highest BCUT2D eigenvalue weighted by molar-refractivity contribution is 5.76. The molecule has 1 heterocycles. The first kappa shape index (κ1) is 15.4. The van der Waals surface area contributed by atoms with Gasteiger partial charge < -0.3 is 9.73 Å². The first-order valence-corrected chi connectivity index (χ1v) is 7.40. The summed E-state index contributed by atoms with van der Waals surface area (Å²) >= 11 is 0. The van der Waals surface area contributed by atoms with Crippen LogP contribution in [0.4, 0.5) is 0 Å². The molecular weight excluding hydrogens is 268 g/mol. The van der Waals surface area contributed by atoms with Gasteiger partial charge in [0.05, 0.1) is 5.52 Å². The van der Waals surface area contributed by atoms with Crippen LogP contribution in [-0.4, -0.2) is 16.5 Å². The van der Waals surface area contributed by atoms with E-state index in [0.29, 0.717) is 18.5 Å². The second-order valence-electron chi connectivity index (χ2n) is 5.61. The van der Waals surface area contributed by atoms with Crippen LogP contribution in [0.5, 0.6) is 0 Å². The molecule has 114 valence electrons. The molecule has 0 radical (unpaired) electrons. The van der Waals surface area contributed by atoms with Crippen molar-refractivity contribution in [1.29, 1.82) is 0 Å². The van der Waals surface area contributed by atoms with Gasteiger partial charge >= 0.3 is 5.76 Å². The number of nitrogens with zero attached hydrogens (tertiary/aromatic N) is 1. The summed E-state index contributed by atoms with van der Waals surface area (Å²) in [6.07, 6.45) is 1.31. The van der Waals surface area contributed by atoms with Crippen LogP contribution in [0.15, 0.2) is 33.5 Å². The van der Waals surface area contributed by atoms with Crippen molar-refractivity contribution in [2.45, 2.75) is 46.2 Å². The maximum Gasteiger partial charge on any atom is 0.420 e. The Bertz CT molecular complexity index is 669. The molecule has 2 aromatic rings. The summed E-state index contributed by atoms with van der Waals surface area (Å²) in [5, 5.41) is 3.01. The molecule has 0 saturated heterocycles. The van der Waals surface area contributed by atoms with Gasteiger partial charge in [0.25, 0.3) is 0 Å². The molecule has 21 heavy (non-hydrogen) atoms. The number of hydrogen-bond donors (Lipinski definition) is 1. The molecule has 1 aromatic heterocycles. The molecule has 1 amide bonds. The van der Waals surface area contributed by atoms with Gasteiger partial charge in [-0.15, -0.1) is 0 Å². The van der Waals surface area contributed by atoms with E-state index in [1.807, 2.05) is 39.0 Å². The summed E-state index contributed by atoms with van der Waals surface area (Å²) in [4.78, 5) is 23.8. The molecule has 1 aromatic carbocycles. The average Bonchev–Trinajstić information content (AvgIpc) is 2.74. The van der Waals surface area contributed by atoms with Crippen LogP contribution in [0.3, 0.4) is 0 Å². The SMILES string of the molecule is CCCC(=O)N[C@@H](Cn1c(=O)oc2ccccc21)C(C)C. The lowest BCUT2D eigenvalue weighted by atomic mass is 10.0. The molecule has 0 spiro atoms. The first-order valence-electron chi connectivity index (χ1n) is 7.40. The number of nitrogens with one attached hydrogen (secondary N) is 1. The van der Waals surface area contributed by atoms with E-state index in [4.69, 9.17) is 4.42 Å². The van der Waals surface area contributed by atoms with Crippen LogP contribution < -0.4 is 11.1 Å². The number of carbonyl (C=O) groups is 1. The van der Waals surface area contributed by atoms with Crippen molar-refractivity contribution in [3.8, 4) is 0 Å². The minimum absolute atomic E-state index is 0.0250. The van der Waals surface area contributed by atoms with E-state index in [9.17, 15) is 9.59 Å². The largest absolute Gasteiger partial charge is 0.420 e. The van der Waals surface area contributed by atoms with Gasteiger partial charge in [-0.2, -0.15) is 0 Å². The second-order valence-corrected chi connectivity index (χ2v) is 5.61. The van der Waals surface area contributed by atoms with E-state index in [-0.39, 0.29) is 23.6 Å². The Morgan fingerprint density at radius 1 is 1.33 bits per heavy atom. The van der Waals surface area contributed by atoms with E-state index < -0.39 is 0 Å². The number of carbonyl (C=O) groups excluding carboxylic acids is 1. The van der Waals surface area contributed by atoms with Crippen LogP contribution in [0.25, 0.3) is 11.1 Å². The molecule has 5 nitrogen and oxygen atoms in total. The van der Waals surface area contributed by atoms with Crippen LogP contribution in [0.1, 0.15) is 33.6 Å². The fourth-order valence-electron chi connectivity index (χ4n) is 2.31. The topological polar surface area (TPSA) is 64.2 Å². The standard InChI is InChI=1S/C16H22N2O3/c1-4-7-15(19)17-12(11(2)3)10-18-13-8-5-6-9-14(13)21-16(18)20/h5-6,8-9,11-12H,4,7,10H2,1-3H3,(H,17,19)/t12-/m0/s1. The third-order valence-electron chi connectivity index (χ3n) is 3.58. The zero-order valence-electron chi connectivity index (χ0n) is 12.8. The lowest BCUT2D eigenvalue weighted by Gasteiger charge is -2.22. The molecule has 1 N–H and O–H groups in total. The van der Waals surface area contributed by atoms with Crippen LogP contribution in [0.2, 0.25) is 0 Å². The van der Waals surface area contributed by atoms with Crippen molar-refractivity contribution < 1.29 is 9.21 Å². The second kappa shape index (κ2) is 6.61. The van der Waals surface area contributed by atoms with Crippen molar-refractivity contribution in [2.24, 2.45) is 5.92 Å². The molecule has 1 atom stereocenters. The van der Waals surface area contributed by atoms with Gasteiger partial charge in [-0.05, 0) is 24.5 Å². The third-order valence-corrected chi connectivity index (χ3v) is 3.58. The zero-order valence-corrected chi connectivity index (χ0v) is 12.8. The fourth-order valence-corrected chi connectivity index (χ4v) is 2.31. The van der Waals surface area contributed by atoms with E-state index in [0.717, 1.165) is 11.9 Å². The molecule has 0 fully saturated rings. The highest BCUT2D eigenvalue weighted by Gasteiger charge is 2.19. The van der Waals surface area contributed by atoms with Crippen LogP contribution in [-0.2, 0) is 11.3 Å². The minimum Gasteiger partial charge on any atom is -0.408 e. The molecular formula is C16H22N2O3. The van der Waals surface area contributed by atoms with Gasteiger partial charge in [0.15, 0.2) is 5.58 Å². The molecule has 0 aliphatic heterocycles. The van der Waals surface area contributed by atoms with E-state index in [1.54, 1.807) is 10.6 Å². The fraction of sp³-hybridized carbons (Fsp3) is 0.500. The summed E-state index contributed by atoms with van der Waals surface area (Å²) in [5.74, 6) is -0.130. The van der Waals surface area contributed by atoms with Gasteiger partial charge in [0, 0.05) is 19.0 Å². The zero-order chi connectivity index (χ0) is 15.4. The van der Waals surface area contributed by atoms with Gasteiger partial charge in [-0.25, -0.2) is 4.79 Å². The summed E-state index contributed by atoms with van der Waals surface area (Å²) in [6, 6.07) is 7.23. The number of oxazole rings is 1. The van der Waals surface area contributed by atoms with E-state index in [2.05, 4.69) is 5.32 Å². The molecule has 0 bridgehead atoms. The molecule has 2 rings (SSSR count). The predicted octanol–water partition coefficient (Wildman–Crippen LogP) is 2.54. The maximum absolute atomic E-state index is 12.0. The number of benzene rings is 1. The van der Waals surface area contributed by atoms with Crippen molar-refractivity contribution in [1.82, 2.24) is 9.88 Å². The number of hydrogen-bond acceptors (Lipinski definition) is 3. The number of fused-ring (bicyclic) bond motifs is 1. The summed E-state index contributed by atoms with van der Waals surface area (Å²) in [5.41, 5.74) is 1.34. The lowest BCUT2D eigenvalue weighted by molar-refractivity contribution is -0.122. The highest BCUT2D eigenvalue weighted by atomic mass is 16.4. The monoisotopic (exact) mass is 290 g/mol. The quantitative estimate of drug-likeness (QED) is 0.889. The Morgan fingerprint density at radius 2 is 2.05 bits per heavy atom. The normalized spacial score (nSPS) is 12.8. The van der Waals surface area contributed by atoms with Gasteiger partial charge in [0.1, 0.15) is 0 Å². The highest BCUT2D eigenvalue weighted by Crippen LogP contribution is 2.14. The Kier molecular flexibility index (Phi) is 4.83. The lowest BCUT2D eigenvalue weighted by Crippen LogP contribution is -2.42. The number of rotatable bonds is 6. The Balaban J connectivity index is 2.25. The van der Waals surface area contributed by atoms with Crippen molar-refractivity contribution in [3.05, 3.63) is 34.8 Å². The number of para-hydroxylation sites is 2. The predicted molar refractivity (Wildman–Crippen MR) is 82.2 cm³/mol.